The van der Waals surface area contributed by atoms with Crippen LogP contribution in [0.4, 0.5) is 0 Å². The summed E-state index contributed by atoms with van der Waals surface area (Å²) in [5.41, 5.74) is 1.87. The predicted molar refractivity (Wildman–Crippen MR) is 72.3 cm³/mol. The lowest BCUT2D eigenvalue weighted by Gasteiger charge is -2.09. The van der Waals surface area contributed by atoms with Gasteiger partial charge in [-0.05, 0) is 30.3 Å². The number of aromatic nitrogens is 1. The Morgan fingerprint density at radius 1 is 1.24 bits per heavy atom. The van der Waals surface area contributed by atoms with Gasteiger partial charge in [-0.3, -0.25) is 4.98 Å². The maximum atomic E-state index is 5.87. The van der Waals surface area contributed by atoms with Gasteiger partial charge in [0.25, 0.3) is 0 Å². The summed E-state index contributed by atoms with van der Waals surface area (Å²) in [5, 5.41) is 0. The van der Waals surface area contributed by atoms with Gasteiger partial charge in [0.05, 0.1) is 11.6 Å². The summed E-state index contributed by atoms with van der Waals surface area (Å²) in [6.07, 6.45) is 1.75. The van der Waals surface area contributed by atoms with Gasteiger partial charge in [0.15, 0.2) is 0 Å². The normalized spacial score (nSPS) is 10.2. The van der Waals surface area contributed by atoms with E-state index in [1.165, 1.54) is 0 Å². The van der Waals surface area contributed by atoms with Crippen LogP contribution in [0, 0.1) is 0 Å². The molecule has 0 amide bonds. The minimum atomic E-state index is 0.428. The smallest absolute Gasteiger partial charge is 0.130 e. The van der Waals surface area contributed by atoms with Crippen LogP contribution in [0.5, 0.6) is 5.75 Å². The molecule has 0 aliphatic rings. The fraction of sp³-hybridized carbons (Fsp3) is 0.154. The summed E-state index contributed by atoms with van der Waals surface area (Å²) in [6, 6.07) is 11.6. The zero-order valence-corrected chi connectivity index (χ0v) is 11.4. The third kappa shape index (κ3) is 3.45. The molecule has 0 spiro atoms. The molecule has 2 nitrogen and oxygen atoms in total. The van der Waals surface area contributed by atoms with Gasteiger partial charge >= 0.3 is 0 Å². The minimum absolute atomic E-state index is 0.428. The van der Waals surface area contributed by atoms with Crippen molar-refractivity contribution in [3.8, 4) is 5.75 Å². The zero-order chi connectivity index (χ0) is 12.1. The van der Waals surface area contributed by atoms with Crippen molar-refractivity contribution in [1.29, 1.82) is 0 Å². The van der Waals surface area contributed by atoms with Crippen molar-refractivity contribution in [3.63, 3.8) is 0 Å². The quantitative estimate of drug-likeness (QED) is 0.791. The first-order valence-corrected chi connectivity index (χ1v) is 6.49. The topological polar surface area (TPSA) is 22.1 Å². The van der Waals surface area contributed by atoms with Crippen molar-refractivity contribution < 1.29 is 4.74 Å². The molecular formula is C13H11BrClNO. The fourth-order valence-electron chi connectivity index (χ4n) is 1.43. The average Bonchev–Trinajstić information content (AvgIpc) is 2.38. The molecule has 0 saturated carbocycles. The second-order valence-electron chi connectivity index (χ2n) is 3.50. The van der Waals surface area contributed by atoms with Crippen LogP contribution >= 0.6 is 27.5 Å². The van der Waals surface area contributed by atoms with Gasteiger partial charge in [0.2, 0.25) is 0 Å². The molecule has 0 bridgehead atoms. The van der Waals surface area contributed by atoms with Gasteiger partial charge in [-0.1, -0.05) is 22.0 Å². The Kier molecular flexibility index (Phi) is 4.40. The Morgan fingerprint density at radius 2 is 2.12 bits per heavy atom. The highest BCUT2D eigenvalue weighted by atomic mass is 79.9. The summed E-state index contributed by atoms with van der Waals surface area (Å²) >= 11 is 9.28. The molecule has 0 radical (unpaired) electrons. The molecule has 1 aromatic heterocycles. The van der Waals surface area contributed by atoms with Crippen LogP contribution in [0.25, 0.3) is 0 Å². The number of ether oxygens (including phenoxy) is 1. The number of benzene rings is 1. The van der Waals surface area contributed by atoms with Crippen molar-refractivity contribution in [2.75, 3.05) is 0 Å². The van der Waals surface area contributed by atoms with Crippen molar-refractivity contribution in [1.82, 2.24) is 4.98 Å². The van der Waals surface area contributed by atoms with E-state index in [-0.39, 0.29) is 0 Å². The molecular weight excluding hydrogens is 302 g/mol. The third-order valence-corrected chi connectivity index (χ3v) is 3.05. The number of alkyl halides is 1. The largest absolute Gasteiger partial charge is 0.487 e. The van der Waals surface area contributed by atoms with E-state index >= 15 is 0 Å². The van der Waals surface area contributed by atoms with E-state index in [0.29, 0.717) is 12.5 Å². The first-order valence-electron chi connectivity index (χ1n) is 5.16. The lowest BCUT2D eigenvalue weighted by molar-refractivity contribution is 0.299. The molecule has 88 valence electrons. The molecule has 0 fully saturated rings. The Labute approximate surface area is 114 Å². The monoisotopic (exact) mass is 311 g/mol. The molecule has 1 aromatic carbocycles. The molecule has 0 aliphatic heterocycles. The van der Waals surface area contributed by atoms with Crippen molar-refractivity contribution in [2.24, 2.45) is 0 Å². The van der Waals surface area contributed by atoms with Crippen LogP contribution in [0.2, 0.25) is 0 Å². The lowest BCUT2D eigenvalue weighted by atomic mass is 10.2. The number of nitrogens with zero attached hydrogens (tertiary/aromatic N) is 1. The first-order chi connectivity index (χ1) is 8.29. The molecule has 1 heterocycles. The van der Waals surface area contributed by atoms with E-state index in [1.807, 2.05) is 36.4 Å². The standard InChI is InChI=1S/C13H11BrClNO/c14-11-4-5-13(10(7-11)8-15)17-9-12-3-1-2-6-16-12/h1-7H,8-9H2. The van der Waals surface area contributed by atoms with E-state index in [4.69, 9.17) is 16.3 Å². The summed E-state index contributed by atoms with van der Waals surface area (Å²) in [6.45, 7) is 0.451. The number of hydrogen-bond donors (Lipinski definition) is 0. The number of hydrogen-bond acceptors (Lipinski definition) is 2. The highest BCUT2D eigenvalue weighted by molar-refractivity contribution is 9.10. The number of halogens is 2. The van der Waals surface area contributed by atoms with E-state index in [1.54, 1.807) is 6.20 Å². The molecule has 17 heavy (non-hydrogen) atoms. The van der Waals surface area contributed by atoms with E-state index in [2.05, 4.69) is 20.9 Å². The third-order valence-electron chi connectivity index (χ3n) is 2.27. The molecule has 0 saturated heterocycles. The average molecular weight is 313 g/mol. The van der Waals surface area contributed by atoms with Crippen molar-refractivity contribution in [2.45, 2.75) is 12.5 Å². The molecule has 0 N–H and O–H groups in total. The van der Waals surface area contributed by atoms with Crippen LogP contribution < -0.4 is 4.74 Å². The lowest BCUT2D eigenvalue weighted by Crippen LogP contribution is -1.99. The summed E-state index contributed by atoms with van der Waals surface area (Å²) < 4.78 is 6.70. The Balaban J connectivity index is 2.09. The minimum Gasteiger partial charge on any atom is -0.487 e. The van der Waals surface area contributed by atoms with E-state index in [9.17, 15) is 0 Å². The predicted octanol–water partition coefficient (Wildman–Crippen LogP) is 4.16. The molecule has 2 aromatic rings. The number of pyridine rings is 1. The van der Waals surface area contributed by atoms with Crippen molar-refractivity contribution >= 4 is 27.5 Å². The summed E-state index contributed by atoms with van der Waals surface area (Å²) in [5.74, 6) is 1.23. The van der Waals surface area contributed by atoms with Crippen LogP contribution in [0.15, 0.2) is 47.1 Å². The van der Waals surface area contributed by atoms with Crippen LogP contribution in [0.3, 0.4) is 0 Å². The number of rotatable bonds is 4. The van der Waals surface area contributed by atoms with Gasteiger partial charge in [-0.25, -0.2) is 0 Å². The van der Waals surface area contributed by atoms with E-state index < -0.39 is 0 Å². The Morgan fingerprint density at radius 3 is 2.82 bits per heavy atom. The zero-order valence-electron chi connectivity index (χ0n) is 9.07. The van der Waals surface area contributed by atoms with Gasteiger partial charge in [-0.15, -0.1) is 11.6 Å². The SMILES string of the molecule is ClCc1cc(Br)ccc1OCc1ccccn1. The first kappa shape index (κ1) is 12.4. The molecule has 0 unspecified atom stereocenters. The van der Waals surface area contributed by atoms with E-state index in [0.717, 1.165) is 21.5 Å². The summed E-state index contributed by atoms with van der Waals surface area (Å²) in [4.78, 5) is 4.20. The van der Waals surface area contributed by atoms with Crippen LogP contribution in [-0.4, -0.2) is 4.98 Å². The molecule has 0 aliphatic carbocycles. The fourth-order valence-corrected chi connectivity index (χ4v) is 2.05. The maximum Gasteiger partial charge on any atom is 0.130 e. The second-order valence-corrected chi connectivity index (χ2v) is 4.68. The van der Waals surface area contributed by atoms with Gasteiger partial charge in [0, 0.05) is 16.2 Å². The molecule has 2 rings (SSSR count). The van der Waals surface area contributed by atoms with Gasteiger partial charge < -0.3 is 4.74 Å². The highest BCUT2D eigenvalue weighted by Crippen LogP contribution is 2.25. The highest BCUT2D eigenvalue weighted by Gasteiger charge is 2.04. The Hall–Kier alpha value is -1.06. The van der Waals surface area contributed by atoms with Gasteiger partial charge in [0.1, 0.15) is 12.4 Å². The Bertz CT molecular complexity index is 490. The summed E-state index contributed by atoms with van der Waals surface area (Å²) in [7, 11) is 0. The van der Waals surface area contributed by atoms with Crippen LogP contribution in [0.1, 0.15) is 11.3 Å². The van der Waals surface area contributed by atoms with Crippen molar-refractivity contribution in [3.05, 3.63) is 58.3 Å². The molecule has 0 atom stereocenters. The van der Waals surface area contributed by atoms with Gasteiger partial charge in [-0.2, -0.15) is 0 Å². The second kappa shape index (κ2) is 6.03. The molecule has 4 heteroatoms. The van der Waals surface area contributed by atoms with Crippen LogP contribution in [-0.2, 0) is 12.5 Å². The maximum absolute atomic E-state index is 5.87.